The van der Waals surface area contributed by atoms with Crippen molar-refractivity contribution in [2.24, 2.45) is 0 Å². The van der Waals surface area contributed by atoms with Crippen molar-refractivity contribution in [2.75, 3.05) is 13.7 Å². The first-order chi connectivity index (χ1) is 9.72. The molecule has 1 saturated heterocycles. The van der Waals surface area contributed by atoms with Gasteiger partial charge in [-0.2, -0.15) is 0 Å². The van der Waals surface area contributed by atoms with E-state index in [9.17, 15) is 0 Å². The van der Waals surface area contributed by atoms with Crippen molar-refractivity contribution in [3.8, 4) is 5.75 Å². The summed E-state index contributed by atoms with van der Waals surface area (Å²) >= 11 is 3.82. The van der Waals surface area contributed by atoms with E-state index >= 15 is 0 Å². The van der Waals surface area contributed by atoms with Crippen molar-refractivity contribution >= 4 is 15.9 Å². The van der Waals surface area contributed by atoms with Gasteiger partial charge < -0.3 is 10.1 Å². The third-order valence-corrected chi connectivity index (χ3v) is 5.77. The maximum atomic E-state index is 5.76. The van der Waals surface area contributed by atoms with E-state index in [0.29, 0.717) is 6.04 Å². The quantitative estimate of drug-likeness (QED) is 0.901. The maximum absolute atomic E-state index is 5.76. The number of ether oxygens (including phenoxy) is 1. The number of hydrogen-bond acceptors (Lipinski definition) is 2. The Morgan fingerprint density at radius 2 is 1.95 bits per heavy atom. The Morgan fingerprint density at radius 3 is 2.60 bits per heavy atom. The molecule has 1 heterocycles. The minimum atomic E-state index is 0.621. The number of hydrogen-bond donors (Lipinski definition) is 1. The highest BCUT2D eigenvalue weighted by Crippen LogP contribution is 2.41. The largest absolute Gasteiger partial charge is 0.495 e. The summed E-state index contributed by atoms with van der Waals surface area (Å²) in [6.45, 7) is 3.46. The SMILES string of the molecule is COc1c(Br)c2c(c(C)c1CC1CCCN1)CCCC2. The van der Waals surface area contributed by atoms with Crippen LogP contribution in [0.15, 0.2) is 4.47 Å². The molecule has 20 heavy (non-hydrogen) atoms. The Morgan fingerprint density at radius 1 is 1.20 bits per heavy atom. The van der Waals surface area contributed by atoms with Crippen LogP contribution in [0, 0.1) is 6.92 Å². The molecule has 0 amide bonds. The topological polar surface area (TPSA) is 21.3 Å². The zero-order chi connectivity index (χ0) is 14.1. The highest BCUT2D eigenvalue weighted by molar-refractivity contribution is 9.10. The van der Waals surface area contributed by atoms with Crippen LogP contribution in [-0.4, -0.2) is 19.7 Å². The third kappa shape index (κ3) is 2.50. The number of fused-ring (bicyclic) bond motifs is 1. The van der Waals surface area contributed by atoms with Crippen LogP contribution in [0.3, 0.4) is 0 Å². The molecule has 1 aromatic rings. The molecule has 110 valence electrons. The Bertz CT molecular complexity index is 506. The van der Waals surface area contributed by atoms with Gasteiger partial charge in [-0.25, -0.2) is 0 Å². The molecule has 0 aromatic heterocycles. The standard InChI is InChI=1S/C17H24BrNO/c1-11-13-7-3-4-8-14(13)16(18)17(20-2)15(11)10-12-6-5-9-19-12/h12,19H,3-10H2,1-2H3. The highest BCUT2D eigenvalue weighted by Gasteiger charge is 2.25. The zero-order valence-corrected chi connectivity index (χ0v) is 14.1. The first-order valence-corrected chi connectivity index (χ1v) is 8.61. The zero-order valence-electron chi connectivity index (χ0n) is 12.5. The fraction of sp³-hybridized carbons (Fsp3) is 0.647. The lowest BCUT2D eigenvalue weighted by Gasteiger charge is -2.26. The van der Waals surface area contributed by atoms with Gasteiger partial charge in [-0.15, -0.1) is 0 Å². The van der Waals surface area contributed by atoms with Crippen molar-refractivity contribution in [3.05, 3.63) is 26.7 Å². The van der Waals surface area contributed by atoms with Crippen molar-refractivity contribution < 1.29 is 4.74 Å². The van der Waals surface area contributed by atoms with Crippen LogP contribution in [0.25, 0.3) is 0 Å². The van der Waals surface area contributed by atoms with Gasteiger partial charge in [0.05, 0.1) is 11.6 Å². The van der Waals surface area contributed by atoms with Crippen LogP contribution >= 0.6 is 15.9 Å². The molecule has 1 atom stereocenters. The van der Waals surface area contributed by atoms with Gasteiger partial charge in [-0.1, -0.05) is 0 Å². The van der Waals surface area contributed by atoms with E-state index < -0.39 is 0 Å². The first kappa shape index (κ1) is 14.4. The van der Waals surface area contributed by atoms with E-state index in [1.165, 1.54) is 59.7 Å². The second-order valence-corrected chi connectivity index (χ2v) is 6.91. The molecule has 1 aliphatic heterocycles. The molecule has 1 unspecified atom stereocenters. The predicted octanol–water partition coefficient (Wildman–Crippen LogP) is 3.94. The van der Waals surface area contributed by atoms with Gasteiger partial charge in [0.15, 0.2) is 0 Å². The summed E-state index contributed by atoms with van der Waals surface area (Å²) in [5, 5.41) is 3.61. The van der Waals surface area contributed by atoms with Gasteiger partial charge in [-0.3, -0.25) is 0 Å². The summed E-state index contributed by atoms with van der Waals surface area (Å²) in [4.78, 5) is 0. The lowest BCUT2D eigenvalue weighted by molar-refractivity contribution is 0.402. The number of benzene rings is 1. The molecule has 3 heteroatoms. The van der Waals surface area contributed by atoms with Crippen LogP contribution in [-0.2, 0) is 19.3 Å². The van der Waals surface area contributed by atoms with Crippen LogP contribution in [0.4, 0.5) is 0 Å². The normalized spacial score (nSPS) is 21.9. The highest BCUT2D eigenvalue weighted by atomic mass is 79.9. The van der Waals surface area contributed by atoms with Gasteiger partial charge in [0.2, 0.25) is 0 Å². The molecular weight excluding hydrogens is 314 g/mol. The monoisotopic (exact) mass is 337 g/mol. The number of rotatable bonds is 3. The smallest absolute Gasteiger partial charge is 0.136 e. The van der Waals surface area contributed by atoms with Gasteiger partial charge in [0, 0.05) is 11.6 Å². The van der Waals surface area contributed by atoms with E-state index in [-0.39, 0.29) is 0 Å². The molecule has 1 N–H and O–H groups in total. The van der Waals surface area contributed by atoms with Gasteiger partial charge >= 0.3 is 0 Å². The number of halogens is 1. The Balaban J connectivity index is 2.04. The number of methoxy groups -OCH3 is 1. The Labute approximate surface area is 130 Å². The van der Waals surface area contributed by atoms with E-state index in [1.54, 1.807) is 12.7 Å². The summed E-state index contributed by atoms with van der Waals surface area (Å²) in [6, 6.07) is 0.621. The predicted molar refractivity (Wildman–Crippen MR) is 86.8 cm³/mol. The molecule has 2 aliphatic rings. The maximum Gasteiger partial charge on any atom is 0.136 e. The van der Waals surface area contributed by atoms with E-state index in [4.69, 9.17) is 4.74 Å². The molecule has 0 radical (unpaired) electrons. The van der Waals surface area contributed by atoms with E-state index in [1.807, 2.05) is 0 Å². The lowest BCUT2D eigenvalue weighted by atomic mass is 9.84. The average Bonchev–Trinajstić information content (AvgIpc) is 2.98. The van der Waals surface area contributed by atoms with Crippen molar-refractivity contribution in [2.45, 2.75) is 57.9 Å². The molecule has 1 aromatic carbocycles. The summed E-state index contributed by atoms with van der Waals surface area (Å²) < 4.78 is 6.97. The molecule has 0 saturated carbocycles. The Hall–Kier alpha value is -0.540. The molecule has 0 spiro atoms. The summed E-state index contributed by atoms with van der Waals surface area (Å²) in [5.41, 5.74) is 5.97. The second-order valence-electron chi connectivity index (χ2n) is 6.11. The van der Waals surface area contributed by atoms with E-state index in [2.05, 4.69) is 28.2 Å². The van der Waals surface area contributed by atoms with Crippen molar-refractivity contribution in [1.82, 2.24) is 5.32 Å². The minimum Gasteiger partial charge on any atom is -0.495 e. The second kappa shape index (κ2) is 6.07. The molecule has 0 bridgehead atoms. The molecule has 2 nitrogen and oxygen atoms in total. The first-order valence-electron chi connectivity index (χ1n) is 7.82. The van der Waals surface area contributed by atoms with Gasteiger partial charge in [0.25, 0.3) is 0 Å². The summed E-state index contributed by atoms with van der Waals surface area (Å²) in [7, 11) is 1.81. The number of nitrogens with one attached hydrogen (secondary N) is 1. The lowest BCUT2D eigenvalue weighted by Crippen LogP contribution is -2.25. The fourth-order valence-electron chi connectivity index (χ4n) is 3.82. The van der Waals surface area contributed by atoms with E-state index in [0.717, 1.165) is 18.7 Å². The van der Waals surface area contributed by atoms with Crippen LogP contribution in [0.1, 0.15) is 47.9 Å². The van der Waals surface area contributed by atoms with Crippen molar-refractivity contribution in [1.29, 1.82) is 0 Å². The van der Waals surface area contributed by atoms with Gasteiger partial charge in [0.1, 0.15) is 5.75 Å². The summed E-state index contributed by atoms with van der Waals surface area (Å²) in [6.07, 6.45) is 8.74. The fourth-order valence-corrected chi connectivity index (χ4v) is 4.66. The Kier molecular flexibility index (Phi) is 4.37. The van der Waals surface area contributed by atoms with Crippen LogP contribution in [0.2, 0.25) is 0 Å². The third-order valence-electron chi connectivity index (χ3n) is 4.93. The molecule has 1 aliphatic carbocycles. The minimum absolute atomic E-state index is 0.621. The average molecular weight is 338 g/mol. The molecule has 1 fully saturated rings. The van der Waals surface area contributed by atoms with Crippen LogP contribution < -0.4 is 10.1 Å². The molecular formula is C17H24BrNO. The summed E-state index contributed by atoms with van der Waals surface area (Å²) in [5.74, 6) is 1.08. The van der Waals surface area contributed by atoms with Crippen LogP contribution in [0.5, 0.6) is 5.75 Å². The molecule has 3 rings (SSSR count). The van der Waals surface area contributed by atoms with Crippen molar-refractivity contribution in [3.63, 3.8) is 0 Å². The van der Waals surface area contributed by atoms with Gasteiger partial charge in [-0.05, 0) is 91.0 Å².